The van der Waals surface area contributed by atoms with Gasteiger partial charge in [-0.25, -0.2) is 23.5 Å². The summed E-state index contributed by atoms with van der Waals surface area (Å²) in [6.07, 6.45) is 1.06. The van der Waals surface area contributed by atoms with Crippen molar-refractivity contribution in [2.75, 3.05) is 45.4 Å². The number of methoxy groups -OCH3 is 1. The van der Waals surface area contributed by atoms with E-state index in [4.69, 9.17) is 45.3 Å². The van der Waals surface area contributed by atoms with Crippen molar-refractivity contribution in [2.45, 2.75) is 107 Å². The molecule has 0 bridgehead atoms. The number of amides is 3. The van der Waals surface area contributed by atoms with Crippen LogP contribution in [0.2, 0.25) is 5.02 Å². The smallest absolute Gasteiger partial charge is 0.408 e. The lowest BCUT2D eigenvalue weighted by molar-refractivity contribution is -0.141. The lowest BCUT2D eigenvalue weighted by atomic mass is 10.1. The molecule has 2 saturated heterocycles. The van der Waals surface area contributed by atoms with Crippen molar-refractivity contribution >= 4 is 64.2 Å². The van der Waals surface area contributed by atoms with E-state index in [0.29, 0.717) is 64.6 Å². The number of nitrogens with one attached hydrogen (secondary N) is 3. The Morgan fingerprint density at radius 3 is 2.55 bits per heavy atom. The first-order valence-corrected chi connectivity index (χ1v) is 25.3. The van der Waals surface area contributed by atoms with Gasteiger partial charge in [0, 0.05) is 41.5 Å². The fourth-order valence-corrected chi connectivity index (χ4v) is 12.7. The van der Waals surface area contributed by atoms with Gasteiger partial charge in [-0.2, -0.15) is 0 Å². The number of carbonyl (C=O) groups excluding carboxylic acids is 3. The molecule has 21 heteroatoms. The highest BCUT2D eigenvalue weighted by molar-refractivity contribution is 7.59. The van der Waals surface area contributed by atoms with Crippen LogP contribution < -0.4 is 25.4 Å². The average Bonchev–Trinajstić information content (AvgIpc) is 3.69. The Kier molecular flexibility index (Phi) is 14.7. The predicted octanol–water partition coefficient (Wildman–Crippen LogP) is 7.63. The molecule has 2 aliphatic carbocycles. The highest BCUT2D eigenvalue weighted by Gasteiger charge is 2.66. The van der Waals surface area contributed by atoms with E-state index >= 15 is 0 Å². The Hall–Kier alpha value is -4.65. The first kappa shape index (κ1) is 47.8. The molecule has 0 radical (unpaired) electrons. The van der Waals surface area contributed by atoms with Crippen molar-refractivity contribution in [2.24, 2.45) is 5.92 Å². The third-order valence-corrected chi connectivity index (χ3v) is 16.3. The fourth-order valence-electron chi connectivity index (χ4n) is 9.08. The van der Waals surface area contributed by atoms with E-state index in [0.717, 1.165) is 31.0 Å². The molecular weight excluding hydrogens is 921 g/mol. The highest BCUT2D eigenvalue weighted by atomic mass is 35.5. The SMILES string of the molecule is COc1ccc2c(O[C@@H]3C[C@H]4C(=O)N[C@]5(P(=O)(O)Cc6c(F)cccc6F)C[C@H]5CCCOCCOC[C@H](NC(=O)OC5CCCC5)C(=O)N4C3)cc(-c3csc(NC(C)C)n3)nc2c1Cl. The molecule has 8 rings (SSSR count). The second-order valence-corrected chi connectivity index (χ2v) is 21.3. The number of pyridine rings is 1. The standard InChI is InChI=1S/C45H54ClF2N6O10PS/c1-25(2)49-43-51-35(24-66-43)33-19-38(29-13-14-37(60-3)39(46)40(29)50-33)63-28-18-36-41(55)53-45(65(58,59)23-30-31(47)11-6-12-32(30)48)20-26(45)8-7-15-61-16-17-62-22-34(42(56)54(36)21-28)52-44(57)64-27-9-4-5-10-27/h6,11-14,19,24-28,34,36H,4-5,7-10,15-18,20-23H2,1-3H3,(H,49,51)(H,52,57)(H,53,55)(H,58,59)/t26-,28-,34+,36+,45+/m1/s1. The summed E-state index contributed by atoms with van der Waals surface area (Å²) in [5.74, 6) is -3.32. The van der Waals surface area contributed by atoms with Crippen molar-refractivity contribution in [3.63, 3.8) is 0 Å². The third kappa shape index (κ3) is 10.4. The van der Waals surface area contributed by atoms with Gasteiger partial charge in [-0.05, 0) is 89.0 Å². The molecule has 2 aromatic carbocycles. The lowest BCUT2D eigenvalue weighted by Gasteiger charge is -2.31. The summed E-state index contributed by atoms with van der Waals surface area (Å²) >= 11 is 8.25. The molecule has 4 fully saturated rings. The molecule has 66 heavy (non-hydrogen) atoms. The van der Waals surface area contributed by atoms with E-state index in [1.807, 2.05) is 19.2 Å². The van der Waals surface area contributed by atoms with Crippen molar-refractivity contribution in [3.05, 3.63) is 64.0 Å². The molecule has 4 aromatic rings. The Balaban J connectivity index is 1.15. The molecule has 2 aliphatic heterocycles. The van der Waals surface area contributed by atoms with Gasteiger partial charge < -0.3 is 49.4 Å². The molecule has 4 aliphatic rings. The number of rotatable bonds is 11. The molecule has 16 nitrogen and oxygen atoms in total. The zero-order chi connectivity index (χ0) is 46.8. The summed E-state index contributed by atoms with van der Waals surface area (Å²) in [6.45, 7) is 4.02. The summed E-state index contributed by atoms with van der Waals surface area (Å²) in [5.41, 5.74) is 0.751. The third-order valence-electron chi connectivity index (χ3n) is 12.5. The van der Waals surface area contributed by atoms with Gasteiger partial charge in [-0.15, -0.1) is 11.3 Å². The number of carbonyl (C=O) groups is 3. The van der Waals surface area contributed by atoms with Crippen LogP contribution in [0.3, 0.4) is 0 Å². The van der Waals surface area contributed by atoms with Gasteiger partial charge in [0.05, 0.1) is 50.8 Å². The van der Waals surface area contributed by atoms with Gasteiger partial charge in [0.15, 0.2) is 5.13 Å². The quantitative estimate of drug-likeness (QED) is 0.107. The minimum Gasteiger partial charge on any atom is -0.495 e. The maximum Gasteiger partial charge on any atom is 0.408 e. The van der Waals surface area contributed by atoms with E-state index in [1.54, 1.807) is 18.2 Å². The number of alkyl carbamates (subject to hydrolysis) is 1. The van der Waals surface area contributed by atoms with E-state index in [-0.39, 0.29) is 63.0 Å². The summed E-state index contributed by atoms with van der Waals surface area (Å²) in [7, 11) is -3.14. The number of hydrogen-bond donors (Lipinski definition) is 4. The normalized spacial score (nSPS) is 25.2. The van der Waals surface area contributed by atoms with Gasteiger partial charge in [0.25, 0.3) is 0 Å². The minimum atomic E-state index is -4.63. The van der Waals surface area contributed by atoms with Crippen LogP contribution in [0.25, 0.3) is 22.3 Å². The maximum atomic E-state index is 15.0. The van der Waals surface area contributed by atoms with Crippen molar-refractivity contribution in [1.82, 2.24) is 25.5 Å². The largest absolute Gasteiger partial charge is 0.495 e. The summed E-state index contributed by atoms with van der Waals surface area (Å²) in [4.78, 5) is 65.7. The number of halogens is 3. The minimum absolute atomic E-state index is 0.0461. The predicted molar refractivity (Wildman–Crippen MR) is 243 cm³/mol. The molecule has 0 spiro atoms. The number of ether oxygens (including phenoxy) is 5. The van der Waals surface area contributed by atoms with Gasteiger partial charge in [0.1, 0.15) is 63.4 Å². The van der Waals surface area contributed by atoms with E-state index in [9.17, 15) is 32.6 Å². The summed E-state index contributed by atoms with van der Waals surface area (Å²) in [6, 6.07) is 5.77. The van der Waals surface area contributed by atoms with E-state index in [2.05, 4.69) is 16.0 Å². The molecule has 356 valence electrons. The average molecular weight is 975 g/mol. The topological polar surface area (TPSA) is 200 Å². The highest BCUT2D eigenvalue weighted by Crippen LogP contribution is 2.71. The van der Waals surface area contributed by atoms with Gasteiger partial charge in [-0.3, -0.25) is 14.2 Å². The Labute approximate surface area is 389 Å². The van der Waals surface area contributed by atoms with Crippen molar-refractivity contribution in [3.8, 4) is 22.9 Å². The number of thiazole rings is 1. The van der Waals surface area contributed by atoms with Crippen LogP contribution in [0.5, 0.6) is 11.5 Å². The summed E-state index contributed by atoms with van der Waals surface area (Å²) < 4.78 is 74.0. The molecule has 4 heterocycles. The van der Waals surface area contributed by atoms with Crippen molar-refractivity contribution < 1.29 is 56.3 Å². The number of hydrogen-bond acceptors (Lipinski definition) is 13. The van der Waals surface area contributed by atoms with Gasteiger partial charge >= 0.3 is 6.09 Å². The van der Waals surface area contributed by atoms with E-state index < -0.39 is 78.0 Å². The number of anilines is 1. The van der Waals surface area contributed by atoms with Gasteiger partial charge in [-0.1, -0.05) is 17.7 Å². The van der Waals surface area contributed by atoms with E-state index in [1.165, 1.54) is 23.3 Å². The molecule has 4 N–H and O–H groups in total. The Morgan fingerprint density at radius 2 is 1.80 bits per heavy atom. The fraction of sp³-hybridized carbons (Fsp3) is 0.533. The first-order valence-electron chi connectivity index (χ1n) is 22.2. The number of nitrogens with zero attached hydrogens (tertiary/aromatic N) is 3. The van der Waals surface area contributed by atoms with Crippen LogP contribution >= 0.6 is 30.3 Å². The zero-order valence-electron chi connectivity index (χ0n) is 36.9. The Bertz CT molecular complexity index is 2480. The van der Waals surface area contributed by atoms with Crippen LogP contribution in [-0.2, 0) is 34.5 Å². The first-order chi connectivity index (χ1) is 31.7. The van der Waals surface area contributed by atoms with Crippen LogP contribution in [0.15, 0.2) is 41.8 Å². The number of fused-ring (bicyclic) bond motifs is 3. The molecule has 3 amide bonds. The van der Waals surface area contributed by atoms with Crippen LogP contribution in [0, 0.1) is 17.6 Å². The van der Waals surface area contributed by atoms with Crippen LogP contribution in [0.1, 0.15) is 70.8 Å². The monoisotopic (exact) mass is 974 g/mol. The zero-order valence-corrected chi connectivity index (χ0v) is 39.3. The van der Waals surface area contributed by atoms with Crippen LogP contribution in [0.4, 0.5) is 18.7 Å². The Morgan fingerprint density at radius 1 is 1.05 bits per heavy atom. The molecule has 2 aromatic heterocycles. The second kappa shape index (κ2) is 20.3. The number of benzene rings is 2. The van der Waals surface area contributed by atoms with Crippen LogP contribution in [-0.4, -0.2) is 113 Å². The maximum absolute atomic E-state index is 15.0. The molecule has 1 unspecified atom stereocenters. The van der Waals surface area contributed by atoms with Crippen molar-refractivity contribution in [1.29, 1.82) is 0 Å². The molecule has 6 atom stereocenters. The number of aromatic nitrogens is 2. The van der Waals surface area contributed by atoms with Gasteiger partial charge in [0.2, 0.25) is 19.2 Å². The summed E-state index contributed by atoms with van der Waals surface area (Å²) in [5, 5.41) is 10.3. The lowest BCUT2D eigenvalue weighted by Crippen LogP contribution is -2.56. The second-order valence-electron chi connectivity index (χ2n) is 17.5. The molecular formula is C45H54ClF2N6O10PS. The molecule has 2 saturated carbocycles.